The molecule has 1 fully saturated rings. The number of piperazine rings is 1. The quantitative estimate of drug-likeness (QED) is 0.698. The number of hydrogen-bond donors (Lipinski definition) is 1. The SMILES string of the molecule is CC(C)(C)OC(=O)N1CCN(c2ccc3ncc(-c4cnc(N)nc4)n3n2)CC1. The lowest BCUT2D eigenvalue weighted by Gasteiger charge is -2.36. The van der Waals surface area contributed by atoms with Gasteiger partial charge < -0.3 is 20.3 Å². The molecule has 2 N–H and O–H groups in total. The number of nitrogens with zero attached hydrogens (tertiary/aromatic N) is 7. The number of rotatable bonds is 2. The Morgan fingerprint density at radius 3 is 2.38 bits per heavy atom. The first-order valence-corrected chi connectivity index (χ1v) is 9.46. The van der Waals surface area contributed by atoms with Crippen molar-refractivity contribution in [3.8, 4) is 11.3 Å². The Bertz CT molecular complexity index is 1020. The van der Waals surface area contributed by atoms with Crippen LogP contribution in [0.25, 0.3) is 16.9 Å². The lowest BCUT2D eigenvalue weighted by molar-refractivity contribution is 0.0240. The topological polar surface area (TPSA) is 115 Å². The van der Waals surface area contributed by atoms with E-state index in [1.54, 1.807) is 28.0 Å². The fourth-order valence-electron chi connectivity index (χ4n) is 3.14. The number of carbonyl (C=O) groups excluding carboxylic acids is 1. The highest BCUT2D eigenvalue weighted by molar-refractivity contribution is 5.68. The van der Waals surface area contributed by atoms with E-state index in [2.05, 4.69) is 19.9 Å². The van der Waals surface area contributed by atoms with Crippen LogP contribution in [0, 0.1) is 0 Å². The molecule has 1 aliphatic heterocycles. The number of imidazole rings is 1. The highest BCUT2D eigenvalue weighted by Gasteiger charge is 2.26. The molecule has 4 heterocycles. The van der Waals surface area contributed by atoms with Gasteiger partial charge >= 0.3 is 6.09 Å². The Kier molecular flexibility index (Phi) is 4.69. The van der Waals surface area contributed by atoms with Crippen molar-refractivity contribution in [2.24, 2.45) is 0 Å². The number of anilines is 2. The van der Waals surface area contributed by atoms with Crippen molar-refractivity contribution in [1.82, 2.24) is 29.5 Å². The van der Waals surface area contributed by atoms with Crippen molar-refractivity contribution in [3.63, 3.8) is 0 Å². The van der Waals surface area contributed by atoms with E-state index in [1.807, 2.05) is 32.9 Å². The van der Waals surface area contributed by atoms with Gasteiger partial charge in [-0.25, -0.2) is 24.3 Å². The number of ether oxygens (including phenoxy) is 1. The molecule has 0 bridgehead atoms. The molecule has 10 heteroatoms. The van der Waals surface area contributed by atoms with Gasteiger partial charge in [-0.1, -0.05) is 0 Å². The van der Waals surface area contributed by atoms with Crippen LogP contribution in [0.1, 0.15) is 20.8 Å². The molecule has 0 aliphatic carbocycles. The number of carbonyl (C=O) groups is 1. The first-order chi connectivity index (χ1) is 13.8. The van der Waals surface area contributed by atoms with E-state index in [0.29, 0.717) is 26.2 Å². The second-order valence-corrected chi connectivity index (χ2v) is 7.89. The van der Waals surface area contributed by atoms with Crippen LogP contribution in [-0.2, 0) is 4.74 Å². The van der Waals surface area contributed by atoms with Gasteiger partial charge in [-0.15, -0.1) is 5.10 Å². The number of nitrogens with two attached hydrogens (primary N) is 1. The van der Waals surface area contributed by atoms with E-state index in [0.717, 1.165) is 22.7 Å². The molecule has 0 atom stereocenters. The summed E-state index contributed by atoms with van der Waals surface area (Å²) in [6.07, 6.45) is 4.77. The standard InChI is InChI=1S/C19H24N8O2/c1-19(2,3)29-18(28)26-8-6-25(7-9-26)16-5-4-15-21-12-14(27(15)24-16)13-10-22-17(20)23-11-13/h4-5,10-12H,6-9H2,1-3H3,(H2,20,22,23). The first kappa shape index (κ1) is 18.9. The van der Waals surface area contributed by atoms with Gasteiger partial charge in [0.05, 0.1) is 11.9 Å². The molecule has 1 aliphatic rings. The maximum absolute atomic E-state index is 12.3. The molecule has 3 aromatic rings. The Balaban J connectivity index is 1.51. The molecule has 0 radical (unpaired) electrons. The molecule has 1 amide bonds. The summed E-state index contributed by atoms with van der Waals surface area (Å²) in [4.78, 5) is 28.6. The molecule has 1 saturated heterocycles. The third-order valence-electron chi connectivity index (χ3n) is 4.57. The number of aromatic nitrogens is 5. The van der Waals surface area contributed by atoms with Crippen LogP contribution in [-0.4, -0.2) is 67.3 Å². The fourth-order valence-corrected chi connectivity index (χ4v) is 3.14. The predicted molar refractivity (Wildman–Crippen MR) is 108 cm³/mol. The molecule has 0 aromatic carbocycles. The van der Waals surface area contributed by atoms with Crippen molar-refractivity contribution < 1.29 is 9.53 Å². The summed E-state index contributed by atoms with van der Waals surface area (Å²) in [6, 6.07) is 3.86. The molecule has 0 spiro atoms. The molecule has 10 nitrogen and oxygen atoms in total. The van der Waals surface area contributed by atoms with Crippen molar-refractivity contribution in [2.45, 2.75) is 26.4 Å². The van der Waals surface area contributed by atoms with Gasteiger partial charge in [0.25, 0.3) is 0 Å². The highest BCUT2D eigenvalue weighted by atomic mass is 16.6. The van der Waals surface area contributed by atoms with Gasteiger partial charge in [0.2, 0.25) is 5.95 Å². The predicted octanol–water partition coefficient (Wildman–Crippen LogP) is 1.83. The lowest BCUT2D eigenvalue weighted by atomic mass is 10.2. The van der Waals surface area contributed by atoms with Crippen LogP contribution in [0.4, 0.5) is 16.6 Å². The van der Waals surface area contributed by atoms with Crippen LogP contribution in [0.5, 0.6) is 0 Å². The molecule has 0 saturated carbocycles. The van der Waals surface area contributed by atoms with Crippen LogP contribution in [0.2, 0.25) is 0 Å². The second-order valence-electron chi connectivity index (χ2n) is 7.89. The highest BCUT2D eigenvalue weighted by Crippen LogP contribution is 2.22. The van der Waals surface area contributed by atoms with E-state index < -0.39 is 5.60 Å². The summed E-state index contributed by atoms with van der Waals surface area (Å²) < 4.78 is 7.23. The zero-order chi connectivity index (χ0) is 20.6. The molecule has 29 heavy (non-hydrogen) atoms. The van der Waals surface area contributed by atoms with Crippen LogP contribution in [0.15, 0.2) is 30.7 Å². The van der Waals surface area contributed by atoms with Crippen molar-refractivity contribution >= 4 is 23.5 Å². The third-order valence-corrected chi connectivity index (χ3v) is 4.57. The molecule has 152 valence electrons. The van der Waals surface area contributed by atoms with E-state index in [1.165, 1.54) is 0 Å². The zero-order valence-corrected chi connectivity index (χ0v) is 16.7. The normalized spacial score (nSPS) is 15.0. The third kappa shape index (κ3) is 4.05. The van der Waals surface area contributed by atoms with E-state index in [9.17, 15) is 4.79 Å². The molecule has 0 unspecified atom stereocenters. The maximum atomic E-state index is 12.3. The summed E-state index contributed by atoms with van der Waals surface area (Å²) in [5, 5.41) is 4.75. The molecule has 3 aromatic heterocycles. The van der Waals surface area contributed by atoms with E-state index in [-0.39, 0.29) is 12.0 Å². The smallest absolute Gasteiger partial charge is 0.410 e. The zero-order valence-electron chi connectivity index (χ0n) is 16.7. The Morgan fingerprint density at radius 1 is 1.03 bits per heavy atom. The summed E-state index contributed by atoms with van der Waals surface area (Å²) in [5.41, 5.74) is 7.38. The maximum Gasteiger partial charge on any atom is 0.410 e. The van der Waals surface area contributed by atoms with E-state index >= 15 is 0 Å². The Hall–Kier alpha value is -3.43. The summed E-state index contributed by atoms with van der Waals surface area (Å²) in [5.74, 6) is 1.04. The number of fused-ring (bicyclic) bond motifs is 1. The largest absolute Gasteiger partial charge is 0.444 e. The van der Waals surface area contributed by atoms with Crippen molar-refractivity contribution in [3.05, 3.63) is 30.7 Å². The summed E-state index contributed by atoms with van der Waals surface area (Å²) in [7, 11) is 0. The first-order valence-electron chi connectivity index (χ1n) is 9.46. The number of nitrogen functional groups attached to an aromatic ring is 1. The molecular formula is C19H24N8O2. The summed E-state index contributed by atoms with van der Waals surface area (Å²) in [6.45, 7) is 8.12. The van der Waals surface area contributed by atoms with Gasteiger partial charge in [-0.2, -0.15) is 0 Å². The average Bonchev–Trinajstić information content (AvgIpc) is 3.10. The Labute approximate surface area is 168 Å². The lowest BCUT2D eigenvalue weighted by Crippen LogP contribution is -2.50. The van der Waals surface area contributed by atoms with Gasteiger partial charge in [0.15, 0.2) is 5.65 Å². The number of hydrogen-bond acceptors (Lipinski definition) is 8. The minimum atomic E-state index is -0.496. The minimum Gasteiger partial charge on any atom is -0.444 e. The van der Waals surface area contributed by atoms with Crippen molar-refractivity contribution in [2.75, 3.05) is 36.8 Å². The van der Waals surface area contributed by atoms with E-state index in [4.69, 9.17) is 15.6 Å². The monoisotopic (exact) mass is 396 g/mol. The molecular weight excluding hydrogens is 372 g/mol. The summed E-state index contributed by atoms with van der Waals surface area (Å²) >= 11 is 0. The number of amides is 1. The fraction of sp³-hybridized carbons (Fsp3) is 0.421. The molecule has 4 rings (SSSR count). The van der Waals surface area contributed by atoms with Crippen LogP contribution < -0.4 is 10.6 Å². The van der Waals surface area contributed by atoms with Crippen molar-refractivity contribution in [1.29, 1.82) is 0 Å². The average molecular weight is 396 g/mol. The van der Waals surface area contributed by atoms with Gasteiger partial charge in [0, 0.05) is 44.1 Å². The Morgan fingerprint density at radius 2 is 1.72 bits per heavy atom. The van der Waals surface area contributed by atoms with Gasteiger partial charge in [0.1, 0.15) is 11.4 Å². The van der Waals surface area contributed by atoms with Gasteiger partial charge in [-0.3, -0.25) is 0 Å². The van der Waals surface area contributed by atoms with Crippen LogP contribution >= 0.6 is 0 Å². The van der Waals surface area contributed by atoms with Gasteiger partial charge in [-0.05, 0) is 32.9 Å². The van der Waals surface area contributed by atoms with Crippen LogP contribution in [0.3, 0.4) is 0 Å². The second kappa shape index (κ2) is 7.19. The minimum absolute atomic E-state index is 0.221.